The van der Waals surface area contributed by atoms with Crippen LogP contribution in [-0.2, 0) is 16.4 Å². The van der Waals surface area contributed by atoms with Crippen LogP contribution in [0.4, 0.5) is 0 Å². The lowest BCUT2D eigenvalue weighted by atomic mass is 10.2. The molecule has 2 heterocycles. The minimum atomic E-state index is -3.72. The molecule has 2 aromatic rings. The summed E-state index contributed by atoms with van der Waals surface area (Å²) in [6, 6.07) is 8.25. The first-order chi connectivity index (χ1) is 9.63. The van der Waals surface area contributed by atoms with Gasteiger partial charge in [0.2, 0.25) is 10.0 Å². The zero-order valence-electron chi connectivity index (χ0n) is 10.5. The van der Waals surface area contributed by atoms with Crippen molar-refractivity contribution in [3.05, 3.63) is 54.1 Å². The third-order valence-electron chi connectivity index (χ3n) is 2.62. The van der Waals surface area contributed by atoms with Crippen molar-refractivity contribution in [1.82, 2.24) is 14.7 Å². The van der Waals surface area contributed by atoms with Crippen LogP contribution in [0.25, 0.3) is 0 Å². The maximum atomic E-state index is 12.1. The van der Waals surface area contributed by atoms with E-state index in [9.17, 15) is 8.42 Å². The summed E-state index contributed by atoms with van der Waals surface area (Å²) >= 11 is 0. The van der Waals surface area contributed by atoms with E-state index in [2.05, 4.69) is 14.7 Å². The summed E-state index contributed by atoms with van der Waals surface area (Å²) in [7, 11) is -3.72. The monoisotopic (exact) mass is 288 g/mol. The van der Waals surface area contributed by atoms with E-state index in [0.29, 0.717) is 6.42 Å². The SMILES string of the molecule is N#Cc1ncccc1S(=O)(=O)NCCc1ccncc1. The molecule has 0 spiro atoms. The minimum absolute atomic E-state index is 0.0998. The molecule has 0 aliphatic rings. The van der Waals surface area contributed by atoms with Gasteiger partial charge in [0.05, 0.1) is 0 Å². The number of nitriles is 1. The van der Waals surface area contributed by atoms with E-state index in [-0.39, 0.29) is 17.1 Å². The van der Waals surface area contributed by atoms with Crippen LogP contribution in [0, 0.1) is 11.3 Å². The smallest absolute Gasteiger partial charge is 0.243 e. The topological polar surface area (TPSA) is 95.7 Å². The first-order valence-corrected chi connectivity index (χ1v) is 7.35. The maximum absolute atomic E-state index is 12.1. The van der Waals surface area contributed by atoms with Crippen LogP contribution < -0.4 is 4.72 Å². The van der Waals surface area contributed by atoms with E-state index in [1.54, 1.807) is 18.5 Å². The van der Waals surface area contributed by atoms with Gasteiger partial charge < -0.3 is 0 Å². The Balaban J connectivity index is 2.07. The molecule has 2 rings (SSSR count). The zero-order valence-corrected chi connectivity index (χ0v) is 11.3. The Kier molecular flexibility index (Phi) is 4.40. The van der Waals surface area contributed by atoms with Crippen LogP contribution in [0.2, 0.25) is 0 Å². The summed E-state index contributed by atoms with van der Waals surface area (Å²) in [5.41, 5.74) is 0.873. The van der Waals surface area contributed by atoms with Crippen LogP contribution >= 0.6 is 0 Å². The van der Waals surface area contributed by atoms with Crippen LogP contribution in [0.15, 0.2) is 47.8 Å². The van der Waals surface area contributed by atoms with Gasteiger partial charge in [0.25, 0.3) is 0 Å². The van der Waals surface area contributed by atoms with Gasteiger partial charge in [0, 0.05) is 25.1 Å². The quantitative estimate of drug-likeness (QED) is 0.880. The average Bonchev–Trinajstić information content (AvgIpc) is 2.48. The molecule has 0 aromatic carbocycles. The lowest BCUT2D eigenvalue weighted by Gasteiger charge is -2.07. The number of nitrogens with zero attached hydrogens (tertiary/aromatic N) is 3. The summed E-state index contributed by atoms with van der Waals surface area (Å²) in [5, 5.41) is 8.87. The van der Waals surface area contributed by atoms with Gasteiger partial charge in [-0.1, -0.05) is 0 Å². The second kappa shape index (κ2) is 6.23. The van der Waals surface area contributed by atoms with Crippen LogP contribution in [0.1, 0.15) is 11.3 Å². The minimum Gasteiger partial charge on any atom is -0.265 e. The van der Waals surface area contributed by atoms with E-state index in [1.165, 1.54) is 18.3 Å². The number of sulfonamides is 1. The third kappa shape index (κ3) is 3.38. The Morgan fingerprint density at radius 3 is 2.65 bits per heavy atom. The van der Waals surface area contributed by atoms with Gasteiger partial charge in [0.15, 0.2) is 5.69 Å². The molecule has 102 valence electrons. The molecule has 0 saturated heterocycles. The Bertz CT molecular complexity index is 724. The van der Waals surface area contributed by atoms with Crippen LogP contribution in [0.3, 0.4) is 0 Å². The van der Waals surface area contributed by atoms with Crippen molar-refractivity contribution in [1.29, 1.82) is 5.26 Å². The van der Waals surface area contributed by atoms with Gasteiger partial charge in [-0.3, -0.25) is 4.98 Å². The molecular weight excluding hydrogens is 276 g/mol. The predicted octanol–water partition coefficient (Wildman–Crippen LogP) is 0.869. The van der Waals surface area contributed by atoms with E-state index in [4.69, 9.17) is 5.26 Å². The molecule has 0 fully saturated rings. The molecule has 0 atom stereocenters. The Morgan fingerprint density at radius 1 is 1.20 bits per heavy atom. The fourth-order valence-electron chi connectivity index (χ4n) is 1.65. The van der Waals surface area contributed by atoms with Crippen molar-refractivity contribution in [2.45, 2.75) is 11.3 Å². The molecule has 0 aliphatic carbocycles. The second-order valence-corrected chi connectivity index (χ2v) is 5.70. The van der Waals surface area contributed by atoms with Crippen LogP contribution in [0.5, 0.6) is 0 Å². The van der Waals surface area contributed by atoms with Crippen LogP contribution in [-0.4, -0.2) is 24.9 Å². The van der Waals surface area contributed by atoms with Crippen molar-refractivity contribution in [3.8, 4) is 6.07 Å². The molecular formula is C13H12N4O2S. The lowest BCUT2D eigenvalue weighted by molar-refractivity contribution is 0.581. The molecule has 2 aromatic heterocycles. The molecule has 20 heavy (non-hydrogen) atoms. The zero-order chi connectivity index (χ0) is 14.4. The van der Waals surface area contributed by atoms with E-state index in [1.807, 2.05) is 12.1 Å². The molecule has 1 N–H and O–H groups in total. The van der Waals surface area contributed by atoms with Gasteiger partial charge in [-0.15, -0.1) is 0 Å². The van der Waals surface area contributed by atoms with Gasteiger partial charge >= 0.3 is 0 Å². The summed E-state index contributed by atoms with van der Waals surface area (Å²) in [5.74, 6) is 0. The van der Waals surface area contributed by atoms with E-state index >= 15 is 0 Å². The number of pyridine rings is 2. The number of hydrogen-bond acceptors (Lipinski definition) is 5. The largest absolute Gasteiger partial charge is 0.265 e. The number of hydrogen-bond donors (Lipinski definition) is 1. The van der Waals surface area contributed by atoms with E-state index < -0.39 is 10.0 Å². The number of rotatable bonds is 5. The second-order valence-electron chi connectivity index (χ2n) is 3.97. The molecule has 7 heteroatoms. The molecule has 0 amide bonds. The highest BCUT2D eigenvalue weighted by Crippen LogP contribution is 2.11. The van der Waals surface area contributed by atoms with E-state index in [0.717, 1.165) is 5.56 Å². The summed E-state index contributed by atoms with van der Waals surface area (Å²) in [6.45, 7) is 0.242. The highest BCUT2D eigenvalue weighted by atomic mass is 32.2. The summed E-state index contributed by atoms with van der Waals surface area (Å²) < 4.78 is 26.6. The van der Waals surface area contributed by atoms with Crippen molar-refractivity contribution >= 4 is 10.0 Å². The Hall–Kier alpha value is -2.30. The molecule has 0 saturated carbocycles. The standard InChI is InChI=1S/C13H12N4O2S/c14-10-12-13(2-1-6-16-12)20(18,19)17-9-5-11-3-7-15-8-4-11/h1-4,6-8,17H,5,9H2. The van der Waals surface area contributed by atoms with Crippen molar-refractivity contribution in [3.63, 3.8) is 0 Å². The lowest BCUT2D eigenvalue weighted by Crippen LogP contribution is -2.26. The van der Waals surface area contributed by atoms with Gasteiger partial charge in [-0.05, 0) is 36.2 Å². The molecule has 0 bridgehead atoms. The first-order valence-electron chi connectivity index (χ1n) is 5.87. The Labute approximate surface area is 117 Å². The average molecular weight is 288 g/mol. The van der Waals surface area contributed by atoms with Crippen molar-refractivity contribution in [2.24, 2.45) is 0 Å². The summed E-state index contributed by atoms with van der Waals surface area (Å²) in [6.07, 6.45) is 5.23. The predicted molar refractivity (Wildman–Crippen MR) is 72.1 cm³/mol. The molecule has 6 nitrogen and oxygen atoms in total. The fraction of sp³-hybridized carbons (Fsp3) is 0.154. The van der Waals surface area contributed by atoms with Crippen molar-refractivity contribution < 1.29 is 8.42 Å². The maximum Gasteiger partial charge on any atom is 0.243 e. The molecule has 0 unspecified atom stereocenters. The number of aromatic nitrogens is 2. The fourth-order valence-corrected chi connectivity index (χ4v) is 2.79. The van der Waals surface area contributed by atoms with Gasteiger partial charge in [-0.25, -0.2) is 18.1 Å². The molecule has 0 radical (unpaired) electrons. The van der Waals surface area contributed by atoms with Crippen molar-refractivity contribution in [2.75, 3.05) is 6.54 Å². The third-order valence-corrected chi connectivity index (χ3v) is 4.11. The van der Waals surface area contributed by atoms with Gasteiger partial charge in [0.1, 0.15) is 11.0 Å². The van der Waals surface area contributed by atoms with Gasteiger partial charge in [-0.2, -0.15) is 5.26 Å². The highest BCUT2D eigenvalue weighted by Gasteiger charge is 2.18. The Morgan fingerprint density at radius 2 is 1.95 bits per heavy atom. The molecule has 0 aliphatic heterocycles. The first kappa shape index (κ1) is 14.1. The number of nitrogens with one attached hydrogen (secondary N) is 1. The normalized spacial score (nSPS) is 10.9. The summed E-state index contributed by atoms with van der Waals surface area (Å²) in [4.78, 5) is 7.53. The highest BCUT2D eigenvalue weighted by molar-refractivity contribution is 7.89.